The van der Waals surface area contributed by atoms with Gasteiger partial charge in [-0.05, 0) is 29.3 Å². The van der Waals surface area contributed by atoms with Gasteiger partial charge in [-0.1, -0.05) is 48.5 Å². The lowest BCUT2D eigenvalue weighted by Crippen LogP contribution is -2.45. The average molecular weight is 445 g/mol. The Bertz CT molecular complexity index is 1330. The number of nitrogens with zero attached hydrogens (tertiary/aromatic N) is 1. The second kappa shape index (κ2) is 9.86. The first-order chi connectivity index (χ1) is 16.0. The van der Waals surface area contributed by atoms with E-state index >= 15 is 0 Å². The van der Waals surface area contributed by atoms with E-state index in [-0.39, 0.29) is 19.6 Å². The number of carbonyl (C=O) groups is 2. The molecule has 0 saturated carbocycles. The van der Waals surface area contributed by atoms with E-state index in [4.69, 9.17) is 4.74 Å². The zero-order chi connectivity index (χ0) is 23.2. The number of pyridine rings is 1. The first kappa shape index (κ1) is 21.9. The van der Waals surface area contributed by atoms with Crippen LogP contribution in [0.4, 0.5) is 0 Å². The maximum atomic E-state index is 12.9. The van der Waals surface area contributed by atoms with Gasteiger partial charge in [0.1, 0.15) is 19.2 Å². The largest absolute Gasteiger partial charge is 0.503 e. The van der Waals surface area contributed by atoms with Crippen LogP contribution in [0.25, 0.3) is 10.9 Å². The molecule has 3 N–H and O–H groups in total. The van der Waals surface area contributed by atoms with Gasteiger partial charge in [-0.25, -0.2) is 4.79 Å². The van der Waals surface area contributed by atoms with Crippen molar-refractivity contribution in [1.29, 1.82) is 0 Å². The molecule has 0 spiro atoms. The van der Waals surface area contributed by atoms with Gasteiger partial charge in [0.05, 0.1) is 0 Å². The first-order valence-electron chi connectivity index (χ1n) is 10.4. The molecule has 2 heterocycles. The molecule has 1 amide bonds. The van der Waals surface area contributed by atoms with Crippen LogP contribution in [0.1, 0.15) is 11.1 Å². The monoisotopic (exact) mass is 445 g/mol. The molecule has 0 radical (unpaired) electrons. The van der Waals surface area contributed by atoms with Gasteiger partial charge >= 0.3 is 5.97 Å². The standard InChI is InChI=1S/C25H23N3O5/c29-22-11-6-12-28(24(22)31)15-23(30)27-21(25(32)33-16-17-7-2-1-3-8-17)13-18-14-26-20-10-5-4-9-19(18)20/h1-12,14,21,26,29H,13,15-16H2,(H,27,30)/t21-/m0/s1. The van der Waals surface area contributed by atoms with Crippen LogP contribution < -0.4 is 10.9 Å². The van der Waals surface area contributed by atoms with Crippen molar-refractivity contribution in [2.24, 2.45) is 0 Å². The van der Waals surface area contributed by atoms with E-state index in [1.165, 1.54) is 18.3 Å². The summed E-state index contributed by atoms with van der Waals surface area (Å²) in [6.45, 7) is -0.268. The summed E-state index contributed by atoms with van der Waals surface area (Å²) >= 11 is 0. The number of para-hydroxylation sites is 1. The van der Waals surface area contributed by atoms with Gasteiger partial charge in [0.15, 0.2) is 5.75 Å². The molecule has 4 rings (SSSR count). The number of ether oxygens (including phenoxy) is 1. The number of amides is 1. The Hall–Kier alpha value is -4.33. The smallest absolute Gasteiger partial charge is 0.329 e. The van der Waals surface area contributed by atoms with E-state index in [0.717, 1.165) is 26.6 Å². The maximum Gasteiger partial charge on any atom is 0.329 e. The number of aromatic nitrogens is 2. The zero-order valence-corrected chi connectivity index (χ0v) is 17.7. The molecule has 8 nitrogen and oxygen atoms in total. The highest BCUT2D eigenvalue weighted by Crippen LogP contribution is 2.19. The first-order valence-corrected chi connectivity index (χ1v) is 10.4. The Morgan fingerprint density at radius 1 is 1.03 bits per heavy atom. The summed E-state index contributed by atoms with van der Waals surface area (Å²) in [5.74, 6) is -1.59. The van der Waals surface area contributed by atoms with Crippen LogP contribution >= 0.6 is 0 Å². The summed E-state index contributed by atoms with van der Waals surface area (Å²) in [4.78, 5) is 40.8. The zero-order valence-electron chi connectivity index (χ0n) is 17.7. The molecule has 8 heteroatoms. The van der Waals surface area contributed by atoms with Gasteiger partial charge in [0.2, 0.25) is 5.91 Å². The SMILES string of the molecule is O=C(Cn1cccc(O)c1=O)N[C@@H](Cc1c[nH]c2ccccc12)C(=O)OCc1ccccc1. The van der Waals surface area contributed by atoms with Crippen molar-refractivity contribution in [3.63, 3.8) is 0 Å². The van der Waals surface area contributed by atoms with E-state index in [2.05, 4.69) is 10.3 Å². The molecule has 168 valence electrons. The van der Waals surface area contributed by atoms with Crippen LogP contribution in [0.3, 0.4) is 0 Å². The molecule has 2 aromatic heterocycles. The summed E-state index contributed by atoms with van der Waals surface area (Å²) in [5, 5.41) is 13.2. The topological polar surface area (TPSA) is 113 Å². The molecular formula is C25H23N3O5. The number of hydrogen-bond acceptors (Lipinski definition) is 5. The Labute approximate surface area is 189 Å². The molecule has 1 atom stereocenters. The van der Waals surface area contributed by atoms with Crippen molar-refractivity contribution in [3.8, 4) is 5.75 Å². The van der Waals surface area contributed by atoms with Crippen molar-refractivity contribution in [3.05, 3.63) is 101 Å². The molecule has 0 aliphatic carbocycles. The van der Waals surface area contributed by atoms with Crippen LogP contribution in [0.15, 0.2) is 83.9 Å². The summed E-state index contributed by atoms with van der Waals surface area (Å²) in [6, 6.07) is 18.7. The molecule has 4 aromatic rings. The van der Waals surface area contributed by atoms with E-state index in [1.807, 2.05) is 54.6 Å². The second-order valence-corrected chi connectivity index (χ2v) is 7.60. The molecular weight excluding hydrogens is 422 g/mol. The highest BCUT2D eigenvalue weighted by atomic mass is 16.5. The fraction of sp³-hybridized carbons (Fsp3) is 0.160. The van der Waals surface area contributed by atoms with Gasteiger partial charge in [-0.15, -0.1) is 0 Å². The molecule has 0 aliphatic heterocycles. The third kappa shape index (κ3) is 5.30. The number of aromatic hydroxyl groups is 1. The number of hydrogen-bond donors (Lipinski definition) is 3. The Balaban J connectivity index is 1.52. The summed E-state index contributed by atoms with van der Waals surface area (Å²) < 4.78 is 6.54. The minimum atomic E-state index is -0.964. The summed E-state index contributed by atoms with van der Waals surface area (Å²) in [5.41, 5.74) is 1.91. The second-order valence-electron chi connectivity index (χ2n) is 7.60. The van der Waals surface area contributed by atoms with E-state index in [1.54, 1.807) is 6.20 Å². The van der Waals surface area contributed by atoms with Crippen molar-refractivity contribution < 1.29 is 19.4 Å². The minimum Gasteiger partial charge on any atom is -0.503 e. The van der Waals surface area contributed by atoms with Crippen LogP contribution in [-0.2, 0) is 33.9 Å². The Morgan fingerprint density at radius 3 is 2.61 bits per heavy atom. The van der Waals surface area contributed by atoms with Gasteiger partial charge in [0.25, 0.3) is 5.56 Å². The quantitative estimate of drug-likeness (QED) is 0.361. The number of aromatic amines is 1. The number of H-pyrrole nitrogens is 1. The number of benzene rings is 2. The van der Waals surface area contributed by atoms with Crippen molar-refractivity contribution >= 4 is 22.8 Å². The van der Waals surface area contributed by atoms with E-state index in [0.29, 0.717) is 0 Å². The van der Waals surface area contributed by atoms with Crippen LogP contribution in [0.5, 0.6) is 5.75 Å². The third-order valence-electron chi connectivity index (χ3n) is 5.26. The van der Waals surface area contributed by atoms with Gasteiger partial charge in [0, 0.05) is 29.7 Å². The maximum absolute atomic E-state index is 12.9. The summed E-state index contributed by atoms with van der Waals surface area (Å²) in [7, 11) is 0. The fourth-order valence-electron chi connectivity index (χ4n) is 3.59. The molecule has 2 aromatic carbocycles. The molecule has 0 saturated heterocycles. The predicted octanol–water partition coefficient (Wildman–Crippen LogP) is 2.51. The average Bonchev–Trinajstić information content (AvgIpc) is 3.23. The van der Waals surface area contributed by atoms with E-state index < -0.39 is 29.2 Å². The number of rotatable bonds is 8. The normalized spacial score (nSPS) is 11.8. The third-order valence-corrected chi connectivity index (χ3v) is 5.26. The van der Waals surface area contributed by atoms with Crippen LogP contribution in [0, 0.1) is 0 Å². The van der Waals surface area contributed by atoms with E-state index in [9.17, 15) is 19.5 Å². The van der Waals surface area contributed by atoms with Crippen LogP contribution in [0.2, 0.25) is 0 Å². The molecule has 0 aliphatic rings. The fourth-order valence-corrected chi connectivity index (χ4v) is 3.59. The van der Waals surface area contributed by atoms with Crippen molar-refractivity contribution in [2.45, 2.75) is 25.6 Å². The highest BCUT2D eigenvalue weighted by molar-refractivity contribution is 5.87. The van der Waals surface area contributed by atoms with Crippen molar-refractivity contribution in [2.75, 3.05) is 0 Å². The van der Waals surface area contributed by atoms with Crippen molar-refractivity contribution in [1.82, 2.24) is 14.9 Å². The van der Waals surface area contributed by atoms with Gasteiger partial charge < -0.3 is 24.7 Å². The molecule has 0 unspecified atom stereocenters. The lowest BCUT2D eigenvalue weighted by molar-refractivity contribution is -0.149. The number of esters is 1. The predicted molar refractivity (Wildman–Crippen MR) is 123 cm³/mol. The van der Waals surface area contributed by atoms with Crippen LogP contribution in [-0.4, -0.2) is 32.6 Å². The lowest BCUT2D eigenvalue weighted by Gasteiger charge is -2.18. The lowest BCUT2D eigenvalue weighted by atomic mass is 10.0. The van der Waals surface area contributed by atoms with Gasteiger partial charge in [-0.3, -0.25) is 9.59 Å². The Kier molecular flexibility index (Phi) is 6.54. The molecule has 0 fully saturated rings. The summed E-state index contributed by atoms with van der Waals surface area (Å²) in [6.07, 6.45) is 3.40. The van der Waals surface area contributed by atoms with Gasteiger partial charge in [-0.2, -0.15) is 0 Å². The highest BCUT2D eigenvalue weighted by Gasteiger charge is 2.24. The molecule has 0 bridgehead atoms. The number of carbonyl (C=O) groups excluding carboxylic acids is 2. The number of fused-ring (bicyclic) bond motifs is 1. The number of nitrogens with one attached hydrogen (secondary N) is 2. The Morgan fingerprint density at radius 2 is 1.79 bits per heavy atom. The minimum absolute atomic E-state index is 0.0753. The molecule has 33 heavy (non-hydrogen) atoms.